The average Bonchev–Trinajstić information content (AvgIpc) is 2.30. The minimum Gasteiger partial charge on any atom is -0.326 e. The van der Waals surface area contributed by atoms with Crippen molar-refractivity contribution >= 4 is 11.6 Å². The minimum absolute atomic E-state index is 0.0922. The summed E-state index contributed by atoms with van der Waals surface area (Å²) in [5.41, 5.74) is 2.75. The molecule has 1 aromatic heterocycles. The molecule has 0 fully saturated rings. The number of benzene rings is 1. The fourth-order valence-electron chi connectivity index (χ4n) is 1.41. The molecule has 3 heteroatoms. The van der Waals surface area contributed by atoms with Crippen molar-refractivity contribution in [1.82, 2.24) is 4.98 Å². The van der Waals surface area contributed by atoms with Crippen molar-refractivity contribution in [2.24, 2.45) is 0 Å². The summed E-state index contributed by atoms with van der Waals surface area (Å²) in [7, 11) is 0. The maximum atomic E-state index is 10.8. The number of pyridine rings is 1. The number of carbonyl (C=O) groups excluding carboxylic acids is 1. The smallest absolute Gasteiger partial charge is 0.221 e. The van der Waals surface area contributed by atoms with E-state index < -0.39 is 0 Å². The largest absolute Gasteiger partial charge is 0.326 e. The molecule has 0 aliphatic heterocycles. The molecule has 1 aromatic carbocycles. The Labute approximate surface area is 94.1 Å². The van der Waals surface area contributed by atoms with Crippen molar-refractivity contribution in [1.29, 1.82) is 0 Å². The van der Waals surface area contributed by atoms with Crippen LogP contribution in [0.1, 0.15) is 6.92 Å². The van der Waals surface area contributed by atoms with Gasteiger partial charge in [-0.2, -0.15) is 0 Å². The van der Waals surface area contributed by atoms with E-state index in [2.05, 4.69) is 16.4 Å². The SMILES string of the molecule is CC(=O)Nc1[c]cc(-c2cccnc2)cc1. The Morgan fingerprint density at radius 2 is 2.19 bits per heavy atom. The van der Waals surface area contributed by atoms with Gasteiger partial charge in [-0.1, -0.05) is 12.1 Å². The molecule has 1 heterocycles. The van der Waals surface area contributed by atoms with Crippen LogP contribution < -0.4 is 5.32 Å². The number of rotatable bonds is 2. The van der Waals surface area contributed by atoms with Gasteiger partial charge in [-0.25, -0.2) is 0 Å². The Morgan fingerprint density at radius 1 is 1.31 bits per heavy atom. The predicted molar refractivity (Wildman–Crippen MR) is 62.8 cm³/mol. The molecule has 1 radical (unpaired) electrons. The third-order valence-electron chi connectivity index (χ3n) is 2.12. The van der Waals surface area contributed by atoms with Crippen LogP contribution in [-0.2, 0) is 4.79 Å². The van der Waals surface area contributed by atoms with Crippen molar-refractivity contribution in [3.8, 4) is 11.1 Å². The average molecular weight is 211 g/mol. The van der Waals surface area contributed by atoms with Crippen LogP contribution in [-0.4, -0.2) is 10.9 Å². The molecule has 3 nitrogen and oxygen atoms in total. The van der Waals surface area contributed by atoms with E-state index in [1.807, 2.05) is 30.3 Å². The maximum absolute atomic E-state index is 10.8. The molecule has 0 saturated carbocycles. The minimum atomic E-state index is -0.0922. The van der Waals surface area contributed by atoms with Crippen LogP contribution in [0.2, 0.25) is 0 Å². The molecule has 1 N–H and O–H groups in total. The topological polar surface area (TPSA) is 42.0 Å². The number of nitrogens with one attached hydrogen (secondary N) is 1. The van der Waals surface area contributed by atoms with Crippen LogP contribution in [0.5, 0.6) is 0 Å². The van der Waals surface area contributed by atoms with Gasteiger partial charge in [0.2, 0.25) is 5.91 Å². The van der Waals surface area contributed by atoms with Crippen LogP contribution >= 0.6 is 0 Å². The first-order valence-corrected chi connectivity index (χ1v) is 4.95. The summed E-state index contributed by atoms with van der Waals surface area (Å²) in [5.74, 6) is -0.0922. The van der Waals surface area contributed by atoms with Crippen LogP contribution in [0.15, 0.2) is 42.7 Å². The zero-order valence-corrected chi connectivity index (χ0v) is 8.90. The summed E-state index contributed by atoms with van der Waals surface area (Å²) < 4.78 is 0. The summed E-state index contributed by atoms with van der Waals surface area (Å²) in [6.07, 6.45) is 3.53. The number of carbonyl (C=O) groups is 1. The predicted octanol–water partition coefficient (Wildman–Crippen LogP) is 2.51. The molecule has 2 aromatic rings. The number of hydrogen-bond donors (Lipinski definition) is 1. The Hall–Kier alpha value is -2.16. The van der Waals surface area contributed by atoms with E-state index in [0.717, 1.165) is 11.1 Å². The quantitative estimate of drug-likeness (QED) is 0.829. The Balaban J connectivity index is 2.23. The molecule has 0 bridgehead atoms. The van der Waals surface area contributed by atoms with E-state index in [4.69, 9.17) is 0 Å². The van der Waals surface area contributed by atoms with Crippen molar-refractivity contribution in [3.05, 3.63) is 48.8 Å². The fraction of sp³-hybridized carbons (Fsp3) is 0.0769. The number of nitrogens with zero attached hydrogens (tertiary/aromatic N) is 1. The van der Waals surface area contributed by atoms with E-state index in [9.17, 15) is 4.79 Å². The van der Waals surface area contributed by atoms with Gasteiger partial charge in [0.05, 0.1) is 0 Å². The molecule has 0 atom stereocenters. The second-order valence-corrected chi connectivity index (χ2v) is 3.41. The van der Waals surface area contributed by atoms with Crippen molar-refractivity contribution in [3.63, 3.8) is 0 Å². The van der Waals surface area contributed by atoms with Gasteiger partial charge in [0.25, 0.3) is 0 Å². The van der Waals surface area contributed by atoms with Gasteiger partial charge in [0, 0.05) is 36.6 Å². The molecule has 0 unspecified atom stereocenters. The third kappa shape index (κ3) is 2.45. The Bertz CT molecular complexity index is 477. The van der Waals surface area contributed by atoms with Crippen LogP contribution in [0.25, 0.3) is 11.1 Å². The monoisotopic (exact) mass is 211 g/mol. The van der Waals surface area contributed by atoms with Crippen LogP contribution in [0.4, 0.5) is 5.69 Å². The standard InChI is InChI=1S/C13H11N2O/c1-10(16)15-13-6-4-11(5-7-13)12-3-2-8-14-9-12/h2-6,8-9H,1H3,(H,15,16). The van der Waals surface area contributed by atoms with Crippen LogP contribution in [0, 0.1) is 6.07 Å². The second kappa shape index (κ2) is 4.57. The first-order chi connectivity index (χ1) is 7.75. The van der Waals surface area contributed by atoms with Gasteiger partial charge < -0.3 is 5.32 Å². The van der Waals surface area contributed by atoms with Crippen molar-refractivity contribution < 1.29 is 4.79 Å². The summed E-state index contributed by atoms with van der Waals surface area (Å²) in [6.45, 7) is 1.48. The van der Waals surface area contributed by atoms with Gasteiger partial charge in [-0.3, -0.25) is 9.78 Å². The van der Waals surface area contributed by atoms with Gasteiger partial charge in [0.1, 0.15) is 0 Å². The number of aromatic nitrogens is 1. The highest BCUT2D eigenvalue weighted by atomic mass is 16.1. The maximum Gasteiger partial charge on any atom is 0.221 e. The summed E-state index contributed by atoms with van der Waals surface area (Å²) in [5, 5.41) is 2.67. The molecular formula is C13H11N2O. The highest BCUT2D eigenvalue weighted by Crippen LogP contribution is 2.19. The van der Waals surface area contributed by atoms with E-state index in [1.165, 1.54) is 6.92 Å². The normalized spacial score (nSPS) is 9.81. The molecule has 2 rings (SSSR count). The van der Waals surface area contributed by atoms with Gasteiger partial charge >= 0.3 is 0 Å². The molecule has 0 aliphatic rings. The summed E-state index contributed by atoms with van der Waals surface area (Å²) >= 11 is 0. The van der Waals surface area contributed by atoms with E-state index >= 15 is 0 Å². The zero-order chi connectivity index (χ0) is 11.4. The first-order valence-electron chi connectivity index (χ1n) is 4.95. The molecule has 1 amide bonds. The fourth-order valence-corrected chi connectivity index (χ4v) is 1.41. The molecule has 16 heavy (non-hydrogen) atoms. The van der Waals surface area contributed by atoms with E-state index in [1.54, 1.807) is 12.4 Å². The van der Waals surface area contributed by atoms with Crippen molar-refractivity contribution in [2.75, 3.05) is 5.32 Å². The summed E-state index contributed by atoms with van der Waals surface area (Å²) in [4.78, 5) is 14.9. The molecule has 0 aliphatic carbocycles. The molecule has 79 valence electrons. The van der Waals surface area contributed by atoms with E-state index in [-0.39, 0.29) is 5.91 Å². The zero-order valence-electron chi connectivity index (χ0n) is 8.90. The lowest BCUT2D eigenvalue weighted by molar-refractivity contribution is -0.114. The van der Waals surface area contributed by atoms with Gasteiger partial charge in [-0.15, -0.1) is 0 Å². The second-order valence-electron chi connectivity index (χ2n) is 3.41. The molecule has 0 saturated heterocycles. The highest BCUT2D eigenvalue weighted by molar-refractivity contribution is 5.88. The van der Waals surface area contributed by atoms with Crippen molar-refractivity contribution in [2.45, 2.75) is 6.92 Å². The first kappa shape index (κ1) is 10.4. The number of hydrogen-bond acceptors (Lipinski definition) is 2. The lowest BCUT2D eigenvalue weighted by atomic mass is 10.1. The molecule has 0 spiro atoms. The van der Waals surface area contributed by atoms with E-state index in [0.29, 0.717) is 5.69 Å². The lowest BCUT2D eigenvalue weighted by Gasteiger charge is -2.03. The molecular weight excluding hydrogens is 200 g/mol. The Kier molecular flexibility index (Phi) is 2.96. The number of anilines is 1. The highest BCUT2D eigenvalue weighted by Gasteiger charge is 1.98. The van der Waals surface area contributed by atoms with Gasteiger partial charge in [0.15, 0.2) is 0 Å². The lowest BCUT2D eigenvalue weighted by Crippen LogP contribution is -2.05. The third-order valence-corrected chi connectivity index (χ3v) is 2.12. The summed E-state index contributed by atoms with van der Waals surface area (Å²) in [6, 6.07) is 12.5. The number of amides is 1. The van der Waals surface area contributed by atoms with Gasteiger partial charge in [-0.05, 0) is 23.8 Å². The van der Waals surface area contributed by atoms with Crippen LogP contribution in [0.3, 0.4) is 0 Å². The Morgan fingerprint density at radius 3 is 2.75 bits per heavy atom.